The number of anilines is 1. The van der Waals surface area contributed by atoms with Gasteiger partial charge in [0.05, 0.1) is 5.92 Å². The summed E-state index contributed by atoms with van der Waals surface area (Å²) in [5.41, 5.74) is 8.07. The Morgan fingerprint density at radius 1 is 1.09 bits per heavy atom. The largest absolute Gasteiger partial charge is 0.481 e. The molecular formula is C21H35N5O6. The zero-order chi connectivity index (χ0) is 24.7. The highest BCUT2D eigenvalue weighted by Gasteiger charge is 2.27. The number of aromatic nitrogens is 1. The molecule has 0 saturated carbocycles. The van der Waals surface area contributed by atoms with Crippen molar-refractivity contribution in [2.75, 3.05) is 31.5 Å². The second-order valence-electron chi connectivity index (χ2n) is 7.40. The molecule has 0 bridgehead atoms. The number of aryl methyl sites for hydroxylation is 1. The number of carbonyl (C=O) groups is 4. The lowest BCUT2D eigenvalue weighted by Gasteiger charge is -2.23. The van der Waals surface area contributed by atoms with Crippen LogP contribution in [-0.4, -0.2) is 76.1 Å². The SMILES string of the molecule is CC(=O)N1C[C@@H](N)CC[C@@H](C(=O)NCCNc2ccncc2C)C1.CC(=O)O.CC(=O)O. The molecule has 180 valence electrons. The first kappa shape index (κ1) is 28.8. The van der Waals surface area contributed by atoms with E-state index in [2.05, 4.69) is 15.6 Å². The summed E-state index contributed by atoms with van der Waals surface area (Å²) in [5.74, 6) is -1.89. The fourth-order valence-corrected chi connectivity index (χ4v) is 2.89. The molecule has 2 rings (SSSR count). The van der Waals surface area contributed by atoms with Gasteiger partial charge in [-0.1, -0.05) is 0 Å². The summed E-state index contributed by atoms with van der Waals surface area (Å²) in [5, 5.41) is 21.1. The molecule has 0 spiro atoms. The van der Waals surface area contributed by atoms with Crippen LogP contribution in [0.15, 0.2) is 18.5 Å². The van der Waals surface area contributed by atoms with E-state index in [4.69, 9.17) is 25.5 Å². The summed E-state index contributed by atoms with van der Waals surface area (Å²) < 4.78 is 0. The molecule has 2 amide bonds. The quantitative estimate of drug-likeness (QED) is 0.401. The van der Waals surface area contributed by atoms with Gasteiger partial charge in [-0.15, -0.1) is 0 Å². The predicted octanol–water partition coefficient (Wildman–Crippen LogP) is 0.686. The van der Waals surface area contributed by atoms with Gasteiger partial charge < -0.3 is 31.5 Å². The molecule has 0 unspecified atom stereocenters. The van der Waals surface area contributed by atoms with E-state index in [0.29, 0.717) is 32.6 Å². The number of nitrogens with one attached hydrogen (secondary N) is 2. The molecule has 1 fully saturated rings. The van der Waals surface area contributed by atoms with Gasteiger partial charge >= 0.3 is 0 Å². The minimum atomic E-state index is -0.833. The molecule has 1 aliphatic rings. The summed E-state index contributed by atoms with van der Waals surface area (Å²) >= 11 is 0. The molecule has 11 nitrogen and oxygen atoms in total. The number of carboxylic acid groups (broad SMARTS) is 2. The van der Waals surface area contributed by atoms with Crippen LogP contribution in [0.1, 0.15) is 39.2 Å². The van der Waals surface area contributed by atoms with Crippen molar-refractivity contribution in [1.82, 2.24) is 15.2 Å². The van der Waals surface area contributed by atoms with E-state index in [9.17, 15) is 9.59 Å². The lowest BCUT2D eigenvalue weighted by atomic mass is 10.0. The summed E-state index contributed by atoms with van der Waals surface area (Å²) in [6.07, 6.45) is 5.01. The molecule has 32 heavy (non-hydrogen) atoms. The number of pyridine rings is 1. The van der Waals surface area contributed by atoms with Crippen molar-refractivity contribution in [2.24, 2.45) is 11.7 Å². The van der Waals surface area contributed by atoms with E-state index in [0.717, 1.165) is 31.5 Å². The van der Waals surface area contributed by atoms with Crippen LogP contribution < -0.4 is 16.4 Å². The smallest absolute Gasteiger partial charge is 0.300 e. The molecule has 1 aromatic rings. The lowest BCUT2D eigenvalue weighted by Crippen LogP contribution is -2.42. The number of amides is 2. The molecule has 1 aromatic heterocycles. The van der Waals surface area contributed by atoms with Crippen LogP contribution in [-0.2, 0) is 19.2 Å². The molecular weight excluding hydrogens is 418 g/mol. The third kappa shape index (κ3) is 13.9. The highest BCUT2D eigenvalue weighted by atomic mass is 16.4. The monoisotopic (exact) mass is 453 g/mol. The Kier molecular flexibility index (Phi) is 14.0. The van der Waals surface area contributed by atoms with Crippen LogP contribution in [0.5, 0.6) is 0 Å². The van der Waals surface area contributed by atoms with Crippen molar-refractivity contribution in [1.29, 1.82) is 0 Å². The van der Waals surface area contributed by atoms with Crippen molar-refractivity contribution in [3.05, 3.63) is 24.0 Å². The number of carbonyl (C=O) groups excluding carboxylic acids is 2. The van der Waals surface area contributed by atoms with E-state index in [1.165, 1.54) is 6.92 Å². The number of carboxylic acids is 2. The molecule has 0 aromatic carbocycles. The van der Waals surface area contributed by atoms with Crippen LogP contribution in [0.2, 0.25) is 0 Å². The minimum Gasteiger partial charge on any atom is -0.481 e. The van der Waals surface area contributed by atoms with Crippen molar-refractivity contribution >= 4 is 29.4 Å². The van der Waals surface area contributed by atoms with E-state index in [1.807, 2.05) is 13.0 Å². The Balaban J connectivity index is 0.00000104. The Morgan fingerprint density at radius 2 is 1.69 bits per heavy atom. The Bertz CT molecular complexity index is 738. The van der Waals surface area contributed by atoms with Gasteiger partial charge in [0.2, 0.25) is 11.8 Å². The maximum atomic E-state index is 12.4. The molecule has 2 heterocycles. The van der Waals surface area contributed by atoms with Crippen LogP contribution in [0, 0.1) is 12.8 Å². The van der Waals surface area contributed by atoms with E-state index >= 15 is 0 Å². The third-order valence-electron chi connectivity index (χ3n) is 4.36. The number of nitrogens with zero attached hydrogens (tertiary/aromatic N) is 2. The maximum Gasteiger partial charge on any atom is 0.300 e. The average Bonchev–Trinajstić information content (AvgIpc) is 2.87. The Morgan fingerprint density at radius 3 is 2.22 bits per heavy atom. The van der Waals surface area contributed by atoms with Crippen molar-refractivity contribution < 1.29 is 29.4 Å². The number of nitrogens with two attached hydrogens (primary N) is 1. The molecule has 6 N–H and O–H groups in total. The van der Waals surface area contributed by atoms with Crippen LogP contribution >= 0.6 is 0 Å². The van der Waals surface area contributed by atoms with Gasteiger partial charge in [0.1, 0.15) is 0 Å². The summed E-state index contributed by atoms with van der Waals surface area (Å²) in [6, 6.07) is 1.86. The van der Waals surface area contributed by atoms with Gasteiger partial charge in [0, 0.05) is 71.1 Å². The Labute approximate surface area is 188 Å². The van der Waals surface area contributed by atoms with E-state index in [-0.39, 0.29) is 23.8 Å². The highest BCUT2D eigenvalue weighted by Crippen LogP contribution is 2.16. The van der Waals surface area contributed by atoms with Gasteiger partial charge in [0.15, 0.2) is 0 Å². The summed E-state index contributed by atoms with van der Waals surface area (Å²) in [4.78, 5) is 47.7. The first-order chi connectivity index (χ1) is 14.9. The van der Waals surface area contributed by atoms with E-state index < -0.39 is 11.9 Å². The number of aliphatic carboxylic acids is 2. The van der Waals surface area contributed by atoms with Crippen LogP contribution in [0.3, 0.4) is 0 Å². The maximum absolute atomic E-state index is 12.4. The van der Waals surface area contributed by atoms with E-state index in [1.54, 1.807) is 17.3 Å². The fraction of sp³-hybridized carbons (Fsp3) is 0.571. The first-order valence-corrected chi connectivity index (χ1v) is 10.3. The van der Waals surface area contributed by atoms with Crippen LogP contribution in [0.25, 0.3) is 0 Å². The molecule has 1 saturated heterocycles. The second-order valence-corrected chi connectivity index (χ2v) is 7.40. The molecule has 2 atom stereocenters. The van der Waals surface area contributed by atoms with Gasteiger partial charge in [-0.2, -0.15) is 0 Å². The van der Waals surface area contributed by atoms with Crippen molar-refractivity contribution in [2.45, 2.75) is 46.6 Å². The molecule has 0 radical (unpaired) electrons. The standard InChI is InChI=1S/C17H27N5O2.2C2H4O2/c1-12-9-19-6-5-16(12)20-7-8-21-17(24)14-3-4-15(18)11-22(10-14)13(2)23;2*1-2(3)4/h5-6,9,14-15H,3-4,7-8,10-11,18H2,1-2H3,(H,19,20)(H,21,24);2*1H3,(H,3,4)/t14-,15+;;/m1../s1. The van der Waals surface area contributed by atoms with Gasteiger partial charge in [-0.05, 0) is 31.4 Å². The van der Waals surface area contributed by atoms with Crippen molar-refractivity contribution in [3.8, 4) is 0 Å². The number of likely N-dealkylation sites (tertiary alicyclic amines) is 1. The highest BCUT2D eigenvalue weighted by molar-refractivity contribution is 5.80. The van der Waals surface area contributed by atoms with Crippen molar-refractivity contribution in [3.63, 3.8) is 0 Å². The van der Waals surface area contributed by atoms with Gasteiger partial charge in [-0.3, -0.25) is 24.2 Å². The Hall–Kier alpha value is -3.21. The minimum absolute atomic E-state index is 0.0106. The zero-order valence-corrected chi connectivity index (χ0v) is 19.1. The third-order valence-corrected chi connectivity index (χ3v) is 4.36. The van der Waals surface area contributed by atoms with Gasteiger partial charge in [-0.25, -0.2) is 0 Å². The second kappa shape index (κ2) is 15.6. The lowest BCUT2D eigenvalue weighted by molar-refractivity contribution is -0.135. The zero-order valence-electron chi connectivity index (χ0n) is 19.1. The number of rotatable bonds is 5. The fourth-order valence-electron chi connectivity index (χ4n) is 2.89. The van der Waals surface area contributed by atoms with Gasteiger partial charge in [0.25, 0.3) is 11.9 Å². The predicted molar refractivity (Wildman–Crippen MR) is 120 cm³/mol. The first-order valence-electron chi connectivity index (χ1n) is 10.3. The summed E-state index contributed by atoms with van der Waals surface area (Å²) in [6.45, 7) is 7.82. The van der Waals surface area contributed by atoms with Crippen LogP contribution in [0.4, 0.5) is 5.69 Å². The normalized spacial score (nSPS) is 17.3. The molecule has 0 aliphatic carbocycles. The summed E-state index contributed by atoms with van der Waals surface area (Å²) in [7, 11) is 0. The number of hydrogen-bond acceptors (Lipinski definition) is 7. The average molecular weight is 454 g/mol. The molecule has 11 heteroatoms. The number of hydrogen-bond donors (Lipinski definition) is 5. The molecule has 1 aliphatic heterocycles. The topological polar surface area (TPSA) is 175 Å².